The summed E-state index contributed by atoms with van der Waals surface area (Å²) in [5.41, 5.74) is -0.238. The molecule has 0 radical (unpaired) electrons. The largest absolute Gasteiger partial charge is 0.466 e. The molecule has 0 saturated carbocycles. The van der Waals surface area contributed by atoms with Crippen LogP contribution in [-0.4, -0.2) is 57.1 Å². The molecule has 2 heterocycles. The van der Waals surface area contributed by atoms with Gasteiger partial charge in [0.05, 0.1) is 30.5 Å². The van der Waals surface area contributed by atoms with Crippen LogP contribution >= 0.6 is 0 Å². The number of nitrogens with one attached hydrogen (secondary N) is 1. The minimum atomic E-state index is -3.58. The fourth-order valence-electron chi connectivity index (χ4n) is 2.92. The molecule has 25 heavy (non-hydrogen) atoms. The van der Waals surface area contributed by atoms with Crippen molar-refractivity contribution in [3.8, 4) is 0 Å². The molecule has 1 aliphatic rings. The van der Waals surface area contributed by atoms with E-state index < -0.39 is 10.0 Å². The van der Waals surface area contributed by atoms with Gasteiger partial charge in [-0.2, -0.15) is 0 Å². The molecule has 0 amide bonds. The van der Waals surface area contributed by atoms with Crippen LogP contribution in [-0.2, 0) is 26.2 Å². The predicted molar refractivity (Wildman–Crippen MR) is 91.6 cm³/mol. The molecule has 0 unspecified atom stereocenters. The van der Waals surface area contributed by atoms with Gasteiger partial charge in [0.25, 0.3) is 5.56 Å². The van der Waals surface area contributed by atoms with E-state index in [1.807, 2.05) is 0 Å². The summed E-state index contributed by atoms with van der Waals surface area (Å²) in [5.74, 6) is -0.237. The van der Waals surface area contributed by atoms with E-state index in [1.54, 1.807) is 6.92 Å². The summed E-state index contributed by atoms with van der Waals surface area (Å²) in [4.78, 5) is 25.1. The van der Waals surface area contributed by atoms with Crippen molar-refractivity contribution < 1.29 is 22.8 Å². The van der Waals surface area contributed by atoms with Gasteiger partial charge in [0.2, 0.25) is 10.0 Å². The molecule has 2 rings (SSSR count). The smallest absolute Gasteiger partial charge is 0.309 e. The fourth-order valence-corrected chi connectivity index (χ4v) is 3.84. The van der Waals surface area contributed by atoms with Crippen LogP contribution < -0.4 is 10.5 Å². The maximum Gasteiger partial charge on any atom is 0.309 e. The Hall–Kier alpha value is -1.71. The molecule has 1 N–H and O–H groups in total. The van der Waals surface area contributed by atoms with Crippen LogP contribution in [0.1, 0.15) is 19.8 Å². The first-order chi connectivity index (χ1) is 11.8. The highest BCUT2D eigenvalue weighted by Gasteiger charge is 2.28. The zero-order valence-corrected chi connectivity index (χ0v) is 15.7. The number of nitrogens with zero attached hydrogens (tertiary/aromatic N) is 2. The lowest BCUT2D eigenvalue weighted by atomic mass is 9.97. The minimum absolute atomic E-state index is 0.0825. The number of esters is 1. The van der Waals surface area contributed by atoms with E-state index in [-0.39, 0.29) is 22.3 Å². The van der Waals surface area contributed by atoms with Crippen LogP contribution in [0.15, 0.2) is 28.0 Å². The number of quaternary nitrogens is 1. The van der Waals surface area contributed by atoms with Crippen molar-refractivity contribution in [2.45, 2.75) is 31.3 Å². The standard InChI is InChI=1S/C16H25N3O5S/c1-4-24-16(21)13-7-9-18(10-8-13)12-19-11-14(5-6-15(19)20)25(22,23)17(2)3/h5-6,11,13H,4,7-10,12H2,1-3H3/p+1. The molecule has 0 aromatic carbocycles. The molecule has 8 nitrogen and oxygen atoms in total. The number of hydrogen-bond donors (Lipinski definition) is 1. The second kappa shape index (κ2) is 8.11. The molecular formula is C16H26N3O5S+. The lowest BCUT2D eigenvalue weighted by Gasteiger charge is -2.28. The average molecular weight is 372 g/mol. The zero-order valence-electron chi connectivity index (χ0n) is 14.9. The molecule has 140 valence electrons. The SMILES string of the molecule is CCOC(=O)C1CC[NH+](Cn2cc(S(=O)(=O)N(C)C)ccc2=O)CC1. The Morgan fingerprint density at radius 3 is 2.52 bits per heavy atom. The van der Waals surface area contributed by atoms with Crippen molar-refractivity contribution in [3.63, 3.8) is 0 Å². The Balaban J connectivity index is 2.07. The summed E-state index contributed by atoms with van der Waals surface area (Å²) < 4.78 is 32.0. The number of sulfonamides is 1. The summed E-state index contributed by atoms with van der Waals surface area (Å²) in [6.45, 7) is 4.03. The van der Waals surface area contributed by atoms with Crippen LogP contribution in [0.2, 0.25) is 0 Å². The minimum Gasteiger partial charge on any atom is -0.466 e. The van der Waals surface area contributed by atoms with E-state index in [4.69, 9.17) is 4.74 Å². The maximum absolute atomic E-state index is 12.2. The van der Waals surface area contributed by atoms with E-state index in [0.29, 0.717) is 26.1 Å². The highest BCUT2D eigenvalue weighted by molar-refractivity contribution is 7.89. The first-order valence-corrected chi connectivity index (χ1v) is 9.83. The van der Waals surface area contributed by atoms with Gasteiger partial charge in [0, 0.05) is 39.2 Å². The van der Waals surface area contributed by atoms with E-state index >= 15 is 0 Å². The van der Waals surface area contributed by atoms with E-state index in [0.717, 1.165) is 22.3 Å². The van der Waals surface area contributed by atoms with Crippen molar-refractivity contribution in [1.29, 1.82) is 0 Å². The number of piperidine rings is 1. The summed E-state index contributed by atoms with van der Waals surface area (Å²) in [5, 5.41) is 0. The second-order valence-electron chi connectivity index (χ2n) is 6.39. The van der Waals surface area contributed by atoms with Gasteiger partial charge in [-0.15, -0.1) is 0 Å². The first-order valence-electron chi connectivity index (χ1n) is 8.39. The van der Waals surface area contributed by atoms with E-state index in [9.17, 15) is 18.0 Å². The van der Waals surface area contributed by atoms with Gasteiger partial charge in [-0.25, -0.2) is 12.7 Å². The van der Waals surface area contributed by atoms with Crippen molar-refractivity contribution in [2.75, 3.05) is 33.8 Å². The third-order valence-electron chi connectivity index (χ3n) is 4.44. The molecule has 1 aromatic rings. The number of likely N-dealkylation sites (tertiary alicyclic amines) is 1. The quantitative estimate of drug-likeness (QED) is 0.641. The molecule has 0 atom stereocenters. The highest BCUT2D eigenvalue weighted by Crippen LogP contribution is 2.12. The molecule has 0 aliphatic carbocycles. The van der Waals surface area contributed by atoms with Gasteiger partial charge in [-0.1, -0.05) is 0 Å². The Morgan fingerprint density at radius 1 is 1.32 bits per heavy atom. The van der Waals surface area contributed by atoms with Gasteiger partial charge < -0.3 is 9.64 Å². The molecular weight excluding hydrogens is 346 g/mol. The van der Waals surface area contributed by atoms with Crippen molar-refractivity contribution in [3.05, 3.63) is 28.7 Å². The van der Waals surface area contributed by atoms with Crippen molar-refractivity contribution in [1.82, 2.24) is 8.87 Å². The van der Waals surface area contributed by atoms with Crippen LogP contribution in [0.3, 0.4) is 0 Å². The monoisotopic (exact) mass is 372 g/mol. The summed E-state index contributed by atoms with van der Waals surface area (Å²) in [6.07, 6.45) is 2.80. The summed E-state index contributed by atoms with van der Waals surface area (Å²) in [6, 6.07) is 2.61. The zero-order chi connectivity index (χ0) is 18.6. The summed E-state index contributed by atoms with van der Waals surface area (Å²) >= 11 is 0. The van der Waals surface area contributed by atoms with Crippen LogP contribution in [0.5, 0.6) is 0 Å². The third-order valence-corrected chi connectivity index (χ3v) is 6.24. The Morgan fingerprint density at radius 2 is 1.96 bits per heavy atom. The average Bonchev–Trinajstić information content (AvgIpc) is 2.57. The fraction of sp³-hybridized carbons (Fsp3) is 0.625. The van der Waals surface area contributed by atoms with Crippen LogP contribution in [0.4, 0.5) is 0 Å². The van der Waals surface area contributed by atoms with Gasteiger partial charge in [0.15, 0.2) is 6.67 Å². The number of aromatic nitrogens is 1. The lowest BCUT2D eigenvalue weighted by molar-refractivity contribution is -0.928. The molecule has 1 aromatic heterocycles. The number of rotatable bonds is 6. The molecule has 1 aliphatic heterocycles. The van der Waals surface area contributed by atoms with Gasteiger partial charge >= 0.3 is 5.97 Å². The molecule has 1 fully saturated rings. The number of ether oxygens (including phenoxy) is 1. The first kappa shape index (κ1) is 19.6. The normalized spacial score (nSPS) is 21.3. The molecule has 9 heteroatoms. The number of hydrogen-bond acceptors (Lipinski definition) is 5. The van der Waals surface area contributed by atoms with E-state index in [1.165, 1.54) is 37.0 Å². The third kappa shape index (κ3) is 4.68. The lowest BCUT2D eigenvalue weighted by Crippen LogP contribution is -3.12. The van der Waals surface area contributed by atoms with Gasteiger partial charge in [0.1, 0.15) is 0 Å². The van der Waals surface area contributed by atoms with Crippen LogP contribution in [0.25, 0.3) is 0 Å². The number of pyridine rings is 1. The number of carbonyl (C=O) groups is 1. The Bertz CT molecular complexity index is 764. The number of carbonyl (C=O) groups excluding carboxylic acids is 1. The van der Waals surface area contributed by atoms with Crippen molar-refractivity contribution in [2.24, 2.45) is 5.92 Å². The predicted octanol–water partition coefficient (Wildman–Crippen LogP) is -1.09. The molecule has 0 bridgehead atoms. The van der Waals surface area contributed by atoms with E-state index in [2.05, 4.69) is 0 Å². The van der Waals surface area contributed by atoms with Gasteiger partial charge in [-0.3, -0.25) is 14.2 Å². The Labute approximate surface area is 148 Å². The van der Waals surface area contributed by atoms with Crippen molar-refractivity contribution >= 4 is 16.0 Å². The van der Waals surface area contributed by atoms with Gasteiger partial charge in [-0.05, 0) is 13.0 Å². The van der Waals surface area contributed by atoms with Crippen LogP contribution in [0, 0.1) is 5.92 Å². The molecule has 1 saturated heterocycles. The highest BCUT2D eigenvalue weighted by atomic mass is 32.2. The summed E-state index contributed by atoms with van der Waals surface area (Å²) in [7, 11) is -0.671. The Kier molecular flexibility index (Phi) is 6.36. The second-order valence-corrected chi connectivity index (χ2v) is 8.55. The molecule has 0 spiro atoms. The maximum atomic E-state index is 12.2. The topological polar surface area (TPSA) is 90.1 Å².